The fourth-order valence-electron chi connectivity index (χ4n) is 2.68. The number of fused-ring (bicyclic) bond motifs is 1. The van der Waals surface area contributed by atoms with E-state index in [1.54, 1.807) is 0 Å². The Labute approximate surface area is 89.7 Å². The van der Waals surface area contributed by atoms with E-state index in [-0.39, 0.29) is 0 Å². The van der Waals surface area contributed by atoms with E-state index >= 15 is 0 Å². The summed E-state index contributed by atoms with van der Waals surface area (Å²) in [7, 11) is 0. The molecule has 15 heavy (non-hydrogen) atoms. The summed E-state index contributed by atoms with van der Waals surface area (Å²) in [6.07, 6.45) is 6.80. The highest BCUT2D eigenvalue weighted by Crippen LogP contribution is 2.34. The number of hydrogen-bond acceptors (Lipinski definition) is 1. The Bertz CT molecular complexity index is 452. The highest BCUT2D eigenvalue weighted by Gasteiger charge is 2.19. The molecule has 78 valence electrons. The van der Waals surface area contributed by atoms with Gasteiger partial charge in [-0.2, -0.15) is 5.10 Å². The van der Waals surface area contributed by atoms with Crippen LogP contribution in [-0.2, 0) is 0 Å². The predicted molar refractivity (Wildman–Crippen MR) is 61.9 cm³/mol. The highest BCUT2D eigenvalue weighted by atomic mass is 15.1. The van der Waals surface area contributed by atoms with E-state index in [9.17, 15) is 0 Å². The molecule has 0 saturated heterocycles. The van der Waals surface area contributed by atoms with E-state index in [1.165, 1.54) is 43.2 Å². The van der Waals surface area contributed by atoms with E-state index < -0.39 is 0 Å². The number of rotatable bonds is 1. The molecule has 1 aliphatic rings. The molecule has 2 nitrogen and oxygen atoms in total. The minimum atomic E-state index is 0.714. The third kappa shape index (κ3) is 1.54. The molecule has 1 saturated carbocycles. The summed E-state index contributed by atoms with van der Waals surface area (Å²) in [5.41, 5.74) is 2.48. The molecule has 1 heterocycles. The van der Waals surface area contributed by atoms with Crippen molar-refractivity contribution in [1.29, 1.82) is 0 Å². The minimum absolute atomic E-state index is 0.714. The lowest BCUT2D eigenvalue weighted by Gasteiger charge is -2.20. The smallest absolute Gasteiger partial charge is 0.0923 e. The Hall–Kier alpha value is -1.31. The van der Waals surface area contributed by atoms with Crippen LogP contribution in [0.1, 0.15) is 43.7 Å². The van der Waals surface area contributed by atoms with Gasteiger partial charge in [0.1, 0.15) is 0 Å². The van der Waals surface area contributed by atoms with Crippen molar-refractivity contribution in [2.75, 3.05) is 0 Å². The fourth-order valence-corrected chi connectivity index (χ4v) is 2.68. The van der Waals surface area contributed by atoms with Crippen LogP contribution < -0.4 is 0 Å². The summed E-state index contributed by atoms with van der Waals surface area (Å²) in [4.78, 5) is 0. The Balaban J connectivity index is 2.02. The van der Waals surface area contributed by atoms with Crippen molar-refractivity contribution < 1.29 is 0 Å². The van der Waals surface area contributed by atoms with Gasteiger partial charge in [-0.25, -0.2) is 0 Å². The number of nitrogens with one attached hydrogen (secondary N) is 1. The number of para-hydroxylation sites is 1. The molecule has 1 aromatic heterocycles. The molecule has 0 spiro atoms. The lowest BCUT2D eigenvalue weighted by molar-refractivity contribution is 0.438. The van der Waals surface area contributed by atoms with Crippen LogP contribution in [0.3, 0.4) is 0 Å². The second-order valence-electron chi connectivity index (χ2n) is 4.49. The molecule has 3 rings (SSSR count). The second kappa shape index (κ2) is 3.69. The van der Waals surface area contributed by atoms with E-state index in [1.807, 2.05) is 6.07 Å². The molecule has 0 atom stereocenters. The maximum absolute atomic E-state index is 4.37. The van der Waals surface area contributed by atoms with Gasteiger partial charge in [0.2, 0.25) is 0 Å². The molecule has 1 aliphatic carbocycles. The molecular formula is C13H16N2. The van der Waals surface area contributed by atoms with Crippen LogP contribution in [0, 0.1) is 0 Å². The van der Waals surface area contributed by atoms with E-state index in [4.69, 9.17) is 0 Å². The maximum atomic E-state index is 4.37. The summed E-state index contributed by atoms with van der Waals surface area (Å²) < 4.78 is 0. The minimum Gasteiger partial charge on any atom is -0.281 e. The number of hydrogen-bond donors (Lipinski definition) is 1. The fraction of sp³-hybridized carbons (Fsp3) is 0.462. The standard InChI is InChI=1S/C13H16N2/c1-2-6-10(7-3-1)13-11-8-4-5-9-12(11)14-15-13/h4-5,8-10H,1-3,6-7H2,(H,14,15). The molecule has 1 aromatic carbocycles. The Morgan fingerprint density at radius 2 is 1.87 bits per heavy atom. The molecule has 1 N–H and O–H groups in total. The van der Waals surface area contributed by atoms with Crippen molar-refractivity contribution in [3.8, 4) is 0 Å². The van der Waals surface area contributed by atoms with Crippen molar-refractivity contribution in [3.63, 3.8) is 0 Å². The first-order valence-corrected chi connectivity index (χ1v) is 5.88. The summed E-state index contributed by atoms with van der Waals surface area (Å²) >= 11 is 0. The summed E-state index contributed by atoms with van der Waals surface area (Å²) in [5.74, 6) is 0.714. The third-order valence-electron chi connectivity index (χ3n) is 3.50. The van der Waals surface area contributed by atoms with Gasteiger partial charge in [-0.05, 0) is 18.9 Å². The average molecular weight is 200 g/mol. The van der Waals surface area contributed by atoms with Crippen LogP contribution in [0.15, 0.2) is 24.3 Å². The summed E-state index contributed by atoms with van der Waals surface area (Å²) in [5, 5.41) is 8.93. The van der Waals surface area contributed by atoms with E-state index in [0.717, 1.165) is 5.52 Å². The number of nitrogens with zero attached hydrogens (tertiary/aromatic N) is 1. The molecule has 1 fully saturated rings. The monoisotopic (exact) mass is 200 g/mol. The quantitative estimate of drug-likeness (QED) is 0.748. The van der Waals surface area contributed by atoms with Crippen molar-refractivity contribution in [1.82, 2.24) is 10.2 Å². The normalized spacial score (nSPS) is 18.4. The largest absolute Gasteiger partial charge is 0.281 e. The van der Waals surface area contributed by atoms with Crippen LogP contribution in [-0.4, -0.2) is 10.2 Å². The number of H-pyrrole nitrogens is 1. The van der Waals surface area contributed by atoms with Gasteiger partial charge in [-0.3, -0.25) is 5.10 Å². The molecule has 0 aliphatic heterocycles. The zero-order valence-electron chi connectivity index (χ0n) is 8.87. The molecule has 0 amide bonds. The van der Waals surface area contributed by atoms with Crippen molar-refractivity contribution >= 4 is 10.9 Å². The van der Waals surface area contributed by atoms with Crippen LogP contribution in [0.4, 0.5) is 0 Å². The van der Waals surface area contributed by atoms with Gasteiger partial charge in [0, 0.05) is 17.0 Å². The first kappa shape index (κ1) is 8.96. The van der Waals surface area contributed by atoms with Gasteiger partial charge in [-0.15, -0.1) is 0 Å². The highest BCUT2D eigenvalue weighted by molar-refractivity contribution is 5.81. The molecular weight excluding hydrogens is 184 g/mol. The van der Waals surface area contributed by atoms with Crippen LogP contribution in [0.2, 0.25) is 0 Å². The predicted octanol–water partition coefficient (Wildman–Crippen LogP) is 3.61. The first-order chi connectivity index (χ1) is 7.45. The van der Waals surface area contributed by atoms with E-state index in [0.29, 0.717) is 5.92 Å². The third-order valence-corrected chi connectivity index (χ3v) is 3.50. The van der Waals surface area contributed by atoms with Gasteiger partial charge in [0.25, 0.3) is 0 Å². The first-order valence-electron chi connectivity index (χ1n) is 5.88. The number of benzene rings is 1. The van der Waals surface area contributed by atoms with Gasteiger partial charge < -0.3 is 0 Å². The van der Waals surface area contributed by atoms with Crippen LogP contribution >= 0.6 is 0 Å². The van der Waals surface area contributed by atoms with Gasteiger partial charge in [-0.1, -0.05) is 37.5 Å². The zero-order valence-corrected chi connectivity index (χ0v) is 8.87. The molecule has 0 radical (unpaired) electrons. The average Bonchev–Trinajstić information content (AvgIpc) is 2.74. The van der Waals surface area contributed by atoms with Gasteiger partial charge in [0.15, 0.2) is 0 Å². The molecule has 2 aromatic rings. The lowest BCUT2D eigenvalue weighted by atomic mass is 9.86. The second-order valence-corrected chi connectivity index (χ2v) is 4.49. The van der Waals surface area contributed by atoms with E-state index in [2.05, 4.69) is 28.4 Å². The van der Waals surface area contributed by atoms with Crippen LogP contribution in [0.5, 0.6) is 0 Å². The van der Waals surface area contributed by atoms with Gasteiger partial charge in [0.05, 0.1) is 5.52 Å². The Morgan fingerprint density at radius 1 is 1.07 bits per heavy atom. The number of aromatic nitrogens is 2. The lowest BCUT2D eigenvalue weighted by Crippen LogP contribution is -2.05. The van der Waals surface area contributed by atoms with Crippen molar-refractivity contribution in [2.45, 2.75) is 38.0 Å². The molecule has 2 heteroatoms. The van der Waals surface area contributed by atoms with Crippen molar-refractivity contribution in [3.05, 3.63) is 30.0 Å². The topological polar surface area (TPSA) is 28.7 Å². The maximum Gasteiger partial charge on any atom is 0.0923 e. The number of aromatic amines is 1. The SMILES string of the molecule is c1ccc2c(C3CCCCC3)[nH]nc2c1. The summed E-state index contributed by atoms with van der Waals surface area (Å²) in [6, 6.07) is 8.42. The van der Waals surface area contributed by atoms with Gasteiger partial charge >= 0.3 is 0 Å². The Kier molecular flexibility index (Phi) is 2.20. The zero-order chi connectivity index (χ0) is 10.1. The Morgan fingerprint density at radius 3 is 2.73 bits per heavy atom. The molecule has 0 bridgehead atoms. The van der Waals surface area contributed by atoms with Crippen LogP contribution in [0.25, 0.3) is 10.9 Å². The summed E-state index contributed by atoms with van der Waals surface area (Å²) in [6.45, 7) is 0. The van der Waals surface area contributed by atoms with Crippen molar-refractivity contribution in [2.24, 2.45) is 0 Å². The molecule has 0 unspecified atom stereocenters.